The van der Waals surface area contributed by atoms with Crippen LogP contribution in [0.2, 0.25) is 5.02 Å². The van der Waals surface area contributed by atoms with Gasteiger partial charge in [-0.2, -0.15) is 0 Å². The maximum absolute atomic E-state index is 12.5. The quantitative estimate of drug-likeness (QED) is 0.369. The highest BCUT2D eigenvalue weighted by Gasteiger charge is 2.35. The zero-order chi connectivity index (χ0) is 22.1. The van der Waals surface area contributed by atoms with Crippen LogP contribution in [0.25, 0.3) is 22.3 Å². The van der Waals surface area contributed by atoms with Crippen molar-refractivity contribution in [2.24, 2.45) is 5.92 Å². The lowest BCUT2D eigenvalue weighted by Crippen LogP contribution is -2.37. The molecule has 4 rings (SSSR count). The second-order valence-corrected chi connectivity index (χ2v) is 7.68. The van der Waals surface area contributed by atoms with Crippen molar-refractivity contribution in [3.8, 4) is 28.6 Å². The van der Waals surface area contributed by atoms with Gasteiger partial charge in [-0.25, -0.2) is 0 Å². The number of halogens is 1. The number of hydrogen-bond donors (Lipinski definition) is 3. The molecular formula is C22H19ClO8. The minimum atomic E-state index is -0.822. The van der Waals surface area contributed by atoms with Crippen molar-refractivity contribution in [1.29, 1.82) is 0 Å². The highest BCUT2D eigenvalue weighted by Crippen LogP contribution is 2.40. The molecule has 9 heteroatoms. The number of rotatable bonds is 7. The molecule has 0 saturated heterocycles. The van der Waals surface area contributed by atoms with Crippen molar-refractivity contribution in [3.63, 3.8) is 0 Å². The van der Waals surface area contributed by atoms with Crippen molar-refractivity contribution in [2.75, 3.05) is 13.2 Å². The van der Waals surface area contributed by atoms with Crippen molar-refractivity contribution in [1.82, 2.24) is 0 Å². The molecule has 1 aromatic heterocycles. The van der Waals surface area contributed by atoms with Gasteiger partial charge < -0.3 is 29.2 Å². The minimum absolute atomic E-state index is 0.101. The molecule has 0 spiro atoms. The van der Waals surface area contributed by atoms with E-state index >= 15 is 0 Å². The first-order valence-electron chi connectivity index (χ1n) is 9.59. The Balaban J connectivity index is 1.54. The average molecular weight is 447 g/mol. The highest BCUT2D eigenvalue weighted by atomic mass is 35.5. The first-order valence-corrected chi connectivity index (χ1v) is 9.97. The SMILES string of the molecule is O=c1cc(-c2cc(O)c(O)cc2OCCO[C@H]2C[C@@H](C(=O)O)C2)oc2c(Cl)cccc12. The Morgan fingerprint density at radius 1 is 1.13 bits per heavy atom. The summed E-state index contributed by atoms with van der Waals surface area (Å²) >= 11 is 6.16. The van der Waals surface area contributed by atoms with E-state index in [-0.39, 0.29) is 58.3 Å². The van der Waals surface area contributed by atoms with E-state index in [1.54, 1.807) is 18.2 Å². The highest BCUT2D eigenvalue weighted by molar-refractivity contribution is 6.34. The van der Waals surface area contributed by atoms with E-state index < -0.39 is 17.5 Å². The van der Waals surface area contributed by atoms with Crippen LogP contribution in [-0.2, 0) is 9.53 Å². The van der Waals surface area contributed by atoms with Gasteiger partial charge >= 0.3 is 5.97 Å². The summed E-state index contributed by atoms with van der Waals surface area (Å²) in [6, 6.07) is 8.53. The van der Waals surface area contributed by atoms with Gasteiger partial charge in [0.25, 0.3) is 0 Å². The van der Waals surface area contributed by atoms with Crippen LogP contribution in [0.3, 0.4) is 0 Å². The summed E-state index contributed by atoms with van der Waals surface area (Å²) in [6.45, 7) is 0.301. The third-order valence-electron chi connectivity index (χ3n) is 5.19. The summed E-state index contributed by atoms with van der Waals surface area (Å²) in [5.74, 6) is -1.71. The molecule has 8 nitrogen and oxygen atoms in total. The number of phenolic OH excluding ortho intramolecular Hbond substituents is 2. The van der Waals surface area contributed by atoms with E-state index in [0.29, 0.717) is 18.2 Å². The first kappa shape index (κ1) is 21.0. The Hall–Kier alpha value is -3.23. The Labute approximate surface area is 181 Å². The molecule has 1 fully saturated rings. The molecule has 2 aromatic carbocycles. The van der Waals surface area contributed by atoms with Crippen LogP contribution in [0.1, 0.15) is 12.8 Å². The zero-order valence-electron chi connectivity index (χ0n) is 16.2. The van der Waals surface area contributed by atoms with Crippen molar-refractivity contribution in [2.45, 2.75) is 18.9 Å². The fraction of sp³-hybridized carbons (Fsp3) is 0.273. The van der Waals surface area contributed by atoms with Crippen LogP contribution in [0.4, 0.5) is 0 Å². The summed E-state index contributed by atoms with van der Waals surface area (Å²) in [7, 11) is 0. The number of benzene rings is 2. The van der Waals surface area contributed by atoms with Gasteiger partial charge in [-0.15, -0.1) is 0 Å². The minimum Gasteiger partial charge on any atom is -0.504 e. The van der Waals surface area contributed by atoms with Crippen LogP contribution in [-0.4, -0.2) is 40.6 Å². The number of phenols is 2. The summed E-state index contributed by atoms with van der Waals surface area (Å²) in [5, 5.41) is 29.3. The van der Waals surface area contributed by atoms with Gasteiger partial charge in [0.2, 0.25) is 0 Å². The second kappa shape index (κ2) is 8.49. The summed E-state index contributed by atoms with van der Waals surface area (Å²) < 4.78 is 17.1. The van der Waals surface area contributed by atoms with Crippen LogP contribution >= 0.6 is 11.6 Å². The molecule has 1 heterocycles. The van der Waals surface area contributed by atoms with Gasteiger partial charge in [0.15, 0.2) is 22.5 Å². The summed E-state index contributed by atoms with van der Waals surface area (Å²) in [4.78, 5) is 23.3. The van der Waals surface area contributed by atoms with Crippen molar-refractivity contribution >= 4 is 28.5 Å². The number of aliphatic carboxylic acids is 1. The number of para-hydroxylation sites is 1. The lowest BCUT2D eigenvalue weighted by Gasteiger charge is -2.32. The van der Waals surface area contributed by atoms with E-state index in [1.807, 2.05) is 0 Å². The molecular weight excluding hydrogens is 428 g/mol. The Kier molecular flexibility index (Phi) is 5.75. The maximum atomic E-state index is 12.5. The number of carbonyl (C=O) groups is 1. The number of fused-ring (bicyclic) bond motifs is 1. The molecule has 0 unspecified atom stereocenters. The fourth-order valence-corrected chi connectivity index (χ4v) is 3.63. The third kappa shape index (κ3) is 4.30. The standard InChI is InChI=1S/C22H19ClO8/c23-15-3-1-2-13-16(24)9-20(31-21(13)15)14-8-17(25)18(26)10-19(14)30-5-4-29-12-6-11(7-12)22(27)28/h1-3,8-12,25-26H,4-7H2,(H,27,28)/t11-,12+. The zero-order valence-corrected chi connectivity index (χ0v) is 17.0. The lowest BCUT2D eigenvalue weighted by molar-refractivity contribution is -0.151. The van der Waals surface area contributed by atoms with Crippen LogP contribution < -0.4 is 10.2 Å². The van der Waals surface area contributed by atoms with Crippen LogP contribution in [0, 0.1) is 5.92 Å². The Morgan fingerprint density at radius 3 is 2.61 bits per heavy atom. The van der Waals surface area contributed by atoms with Crippen molar-refractivity contribution in [3.05, 3.63) is 51.6 Å². The number of ether oxygens (including phenoxy) is 2. The number of aromatic hydroxyl groups is 2. The van der Waals surface area contributed by atoms with Gasteiger partial charge in [0.05, 0.1) is 34.6 Å². The molecule has 0 radical (unpaired) electrons. The number of hydrogen-bond acceptors (Lipinski definition) is 7. The van der Waals surface area contributed by atoms with Crippen LogP contribution in [0.5, 0.6) is 17.2 Å². The van der Waals surface area contributed by atoms with E-state index in [2.05, 4.69) is 0 Å². The predicted molar refractivity (Wildman–Crippen MR) is 112 cm³/mol. The van der Waals surface area contributed by atoms with Gasteiger partial charge in [-0.3, -0.25) is 9.59 Å². The molecule has 3 aromatic rings. The molecule has 0 bridgehead atoms. The van der Waals surface area contributed by atoms with E-state index in [1.165, 1.54) is 18.2 Å². The molecule has 1 aliphatic carbocycles. The third-order valence-corrected chi connectivity index (χ3v) is 5.49. The normalized spacial score (nSPS) is 18.0. The van der Waals surface area contributed by atoms with E-state index in [9.17, 15) is 19.8 Å². The maximum Gasteiger partial charge on any atom is 0.306 e. The molecule has 162 valence electrons. The molecule has 0 aliphatic heterocycles. The van der Waals surface area contributed by atoms with E-state index in [0.717, 1.165) is 0 Å². The number of carboxylic acids is 1. The van der Waals surface area contributed by atoms with Gasteiger partial charge in [0.1, 0.15) is 18.1 Å². The Morgan fingerprint density at radius 2 is 1.87 bits per heavy atom. The largest absolute Gasteiger partial charge is 0.504 e. The predicted octanol–water partition coefficient (Wildman–Crippen LogP) is 3.78. The number of carboxylic acid groups (broad SMARTS) is 1. The summed E-state index contributed by atoms with van der Waals surface area (Å²) in [6.07, 6.45) is 0.797. The summed E-state index contributed by atoms with van der Waals surface area (Å²) in [5.41, 5.74) is 0.133. The smallest absolute Gasteiger partial charge is 0.306 e. The molecule has 31 heavy (non-hydrogen) atoms. The van der Waals surface area contributed by atoms with Crippen LogP contribution in [0.15, 0.2) is 45.6 Å². The monoisotopic (exact) mass is 446 g/mol. The van der Waals surface area contributed by atoms with E-state index in [4.69, 9.17) is 30.6 Å². The molecule has 1 saturated carbocycles. The first-order chi connectivity index (χ1) is 14.8. The fourth-order valence-electron chi connectivity index (χ4n) is 3.41. The van der Waals surface area contributed by atoms with Gasteiger partial charge in [-0.1, -0.05) is 17.7 Å². The second-order valence-electron chi connectivity index (χ2n) is 7.28. The lowest BCUT2D eigenvalue weighted by atomic mass is 9.82. The van der Waals surface area contributed by atoms with Crippen molar-refractivity contribution < 1.29 is 34.0 Å². The molecule has 3 N–H and O–H groups in total. The average Bonchev–Trinajstić information content (AvgIpc) is 2.69. The van der Waals surface area contributed by atoms with Gasteiger partial charge in [-0.05, 0) is 31.0 Å². The Bertz CT molecular complexity index is 1200. The topological polar surface area (TPSA) is 126 Å². The molecule has 0 amide bonds. The molecule has 0 atom stereocenters. The van der Waals surface area contributed by atoms with Gasteiger partial charge in [0, 0.05) is 12.1 Å². The molecule has 1 aliphatic rings.